The first-order chi connectivity index (χ1) is 62.4. The Hall–Kier alpha value is -11.4. The van der Waals surface area contributed by atoms with Crippen LogP contribution in [0.3, 0.4) is 0 Å². The fraction of sp³-hybridized carbons (Fsp3) is 0.378. The number of hydrogen-bond donors (Lipinski definition) is 4. The Bertz CT molecular complexity index is 5850. The van der Waals surface area contributed by atoms with Crippen molar-refractivity contribution >= 4 is 184 Å². The minimum atomic E-state index is -0.524. The quantitative estimate of drug-likeness (QED) is 0.0268. The monoisotopic (exact) mass is 1910 g/mol. The standard InChI is InChI=1S/C90H98N16O16S8/c1-15-73(109)103-25-21-50(43-103)99(7)83(115)60-35-68(47(5)29-64(60)119-11)123-77-39-93-89(129-77)97-81(113)58-32-55(58)57-34-67(122-14)63(86(118)102(10)53-24-28-106(46-53)76(112)18-4)38-71(57)126-80-42-92-88(128-80)96-72(108)20-19-49-30-65(120-12)61(84(116)100(8)51-22-26-104(44-51)74(110)16-2)36-69(49)124-78-40-94-90(130-78)98-82(114)59-31-54(59)56-33-66(121-13)62(37-70(56)125-79-41-91-87(127-79)95-48(6)107)85(117)101(9)52-23-27-105(45-52)75(111)17-3/h15-18,29-30,33-42,50-55,58-59H,1-4,19-28,31-32,43-46H2,5-14H3,(H,91,95,107)(H,92,96,108)(H,93,97,113)(H,94,98,114)/t50-,51+,52+,53-,54?,55?,58?,59?/m1/s1. The van der Waals surface area contributed by atoms with E-state index >= 15 is 0 Å². The highest BCUT2D eigenvalue weighted by molar-refractivity contribution is 8.02. The number of methoxy groups -OCH3 is 4. The van der Waals surface area contributed by atoms with Gasteiger partial charge in [0.1, 0.15) is 23.0 Å². The number of carbonyl (C=O) groups is 12. The third-order valence-corrected chi connectivity index (χ3v) is 32.4. The highest BCUT2D eigenvalue weighted by atomic mass is 32.2. The molecule has 4 saturated heterocycles. The molecule has 4 aromatic carbocycles. The molecule has 4 unspecified atom stereocenters. The largest absolute Gasteiger partial charge is 0.496 e. The molecule has 4 aliphatic heterocycles. The Labute approximate surface area is 784 Å². The number of anilines is 4. The second kappa shape index (κ2) is 41.4. The number of thiazole rings is 4. The lowest BCUT2D eigenvalue weighted by Gasteiger charge is -2.26. The molecular formula is C90H98N16O16S8. The average Bonchev–Trinajstić information content (AvgIpc) is 1.60. The number of nitrogens with one attached hydrogen (secondary N) is 4. The van der Waals surface area contributed by atoms with E-state index < -0.39 is 17.7 Å². The van der Waals surface area contributed by atoms with Gasteiger partial charge in [0.05, 0.1) is 116 Å². The molecule has 14 rings (SSSR count). The lowest BCUT2D eigenvalue weighted by molar-refractivity contribution is -0.125. The van der Waals surface area contributed by atoms with Crippen molar-refractivity contribution in [3.8, 4) is 23.0 Å². The first-order valence-electron chi connectivity index (χ1n) is 41.7. The fourth-order valence-corrected chi connectivity index (χ4v) is 24.5. The summed E-state index contributed by atoms with van der Waals surface area (Å²) >= 11 is 10.3. The zero-order chi connectivity index (χ0) is 92.8. The van der Waals surface area contributed by atoms with Gasteiger partial charge in [-0.05, 0) is 159 Å². The summed E-state index contributed by atoms with van der Waals surface area (Å²) in [7, 11) is 12.7. The highest BCUT2D eigenvalue weighted by Crippen LogP contribution is 2.56. The minimum Gasteiger partial charge on any atom is -0.496 e. The summed E-state index contributed by atoms with van der Waals surface area (Å²) in [6.45, 7) is 21.0. The zero-order valence-corrected chi connectivity index (χ0v) is 79.7. The van der Waals surface area contributed by atoms with E-state index in [9.17, 15) is 57.5 Å². The summed E-state index contributed by atoms with van der Waals surface area (Å²) in [5, 5.41) is 13.1. The Morgan fingerprint density at radius 2 is 0.723 bits per heavy atom. The van der Waals surface area contributed by atoms with Gasteiger partial charge in [-0.1, -0.05) is 119 Å². The number of amides is 12. The normalized spacial score (nSPS) is 18.9. The van der Waals surface area contributed by atoms with E-state index in [2.05, 4.69) is 67.5 Å². The molecule has 8 aromatic rings. The highest BCUT2D eigenvalue weighted by Gasteiger charge is 2.49. The number of rotatable bonds is 35. The van der Waals surface area contributed by atoms with Crippen LogP contribution in [0.4, 0.5) is 20.5 Å². The molecule has 6 aliphatic rings. The third kappa shape index (κ3) is 21.4. The van der Waals surface area contributed by atoms with Crippen LogP contribution in [0.5, 0.6) is 23.0 Å². The molecule has 0 bridgehead atoms. The van der Waals surface area contributed by atoms with Gasteiger partial charge in [-0.2, -0.15) is 0 Å². The molecule has 0 radical (unpaired) electrons. The van der Waals surface area contributed by atoms with E-state index in [0.717, 1.165) is 25.8 Å². The number of aromatic nitrogens is 4. The SMILES string of the molecule is C=CC(=O)N1CC[C@@H](N(C)C(=O)c2cc(Sc3cnc(NC(=O)C4CC4c4cc(OC)c(C(=O)N(C)[C@@H]5CCN(C(=O)C=C)C5)cc4Sc4cnc(NC(=O)CCc5cc(OC)c(C(=O)N(C)[C@H]6CCN(C(=O)C=C)C6)cc5Sc5cnc(NC(=O)C6CC6c6cc(OC)c(C(=O)N(C)[C@H]7CCN(C(=O)C=C)C7)cc6Sc6cnc(NC(C)=O)s6)s5)s4)s3)c(C)cc2OC)C1. The third-order valence-electron chi connectivity index (χ3n) is 24.0. The van der Waals surface area contributed by atoms with Crippen LogP contribution in [0, 0.1) is 18.8 Å². The molecule has 4 N–H and O–H groups in total. The lowest BCUT2D eigenvalue weighted by atomic mass is 10.0. The van der Waals surface area contributed by atoms with Crippen LogP contribution in [0.1, 0.15) is 127 Å². The molecule has 8 heterocycles. The second-order valence-corrected chi connectivity index (χ2v) is 41.5. The molecule has 4 aromatic heterocycles. The molecule has 12 amide bonds. The molecule has 682 valence electrons. The Morgan fingerprint density at radius 3 is 1.06 bits per heavy atom. The fourth-order valence-electron chi connectivity index (χ4n) is 16.4. The minimum absolute atomic E-state index is 0.0715. The number of aryl methyl sites for hydroxylation is 2. The summed E-state index contributed by atoms with van der Waals surface area (Å²) in [5.41, 5.74) is 4.10. The van der Waals surface area contributed by atoms with Gasteiger partial charge in [0, 0.05) is 125 Å². The summed E-state index contributed by atoms with van der Waals surface area (Å²) in [6, 6.07) is 13.1. The summed E-state index contributed by atoms with van der Waals surface area (Å²) < 4.78 is 26.3. The van der Waals surface area contributed by atoms with Crippen LogP contribution in [-0.2, 0) is 44.8 Å². The van der Waals surface area contributed by atoms with E-state index in [1.165, 1.54) is 152 Å². The molecule has 130 heavy (non-hydrogen) atoms. The van der Waals surface area contributed by atoms with Gasteiger partial charge in [0.15, 0.2) is 20.5 Å². The molecule has 2 saturated carbocycles. The van der Waals surface area contributed by atoms with Crippen molar-refractivity contribution in [2.24, 2.45) is 11.8 Å². The van der Waals surface area contributed by atoms with Crippen LogP contribution in [0.2, 0.25) is 0 Å². The zero-order valence-electron chi connectivity index (χ0n) is 73.2. The van der Waals surface area contributed by atoms with E-state index in [4.69, 9.17) is 18.9 Å². The number of ether oxygens (including phenoxy) is 4. The van der Waals surface area contributed by atoms with E-state index in [0.29, 0.717) is 156 Å². The van der Waals surface area contributed by atoms with Crippen molar-refractivity contribution in [2.45, 2.75) is 138 Å². The summed E-state index contributed by atoms with van der Waals surface area (Å²) in [6.07, 6.45) is 14.8. The van der Waals surface area contributed by atoms with Crippen LogP contribution >= 0.6 is 92.4 Å². The van der Waals surface area contributed by atoms with E-state index in [1.54, 1.807) is 135 Å². The van der Waals surface area contributed by atoms with Gasteiger partial charge in [0.2, 0.25) is 47.3 Å². The topological polar surface area (TPSA) is 367 Å². The molecule has 2 aliphatic carbocycles. The predicted molar refractivity (Wildman–Crippen MR) is 501 cm³/mol. The van der Waals surface area contributed by atoms with Crippen molar-refractivity contribution in [2.75, 3.05) is 130 Å². The van der Waals surface area contributed by atoms with Crippen LogP contribution < -0.4 is 40.2 Å². The van der Waals surface area contributed by atoms with Gasteiger partial charge in [-0.3, -0.25) is 57.5 Å². The van der Waals surface area contributed by atoms with Gasteiger partial charge in [-0.25, -0.2) is 19.9 Å². The van der Waals surface area contributed by atoms with E-state index in [-0.39, 0.29) is 147 Å². The Kier molecular flexibility index (Phi) is 30.1. The van der Waals surface area contributed by atoms with Gasteiger partial charge in [0.25, 0.3) is 23.6 Å². The molecule has 32 nitrogen and oxygen atoms in total. The maximum atomic E-state index is 14.8. The van der Waals surface area contributed by atoms with Crippen molar-refractivity contribution in [3.63, 3.8) is 0 Å². The Morgan fingerprint density at radius 1 is 0.423 bits per heavy atom. The van der Waals surface area contributed by atoms with Crippen molar-refractivity contribution in [3.05, 3.63) is 168 Å². The molecule has 40 heteroatoms. The molecule has 6 fully saturated rings. The average molecular weight is 1920 g/mol. The second-order valence-electron chi connectivity index (χ2n) is 32.0. The maximum absolute atomic E-state index is 14.8. The number of nitrogens with zero attached hydrogens (tertiary/aromatic N) is 12. The van der Waals surface area contributed by atoms with Gasteiger partial charge < -0.3 is 79.4 Å². The van der Waals surface area contributed by atoms with Crippen molar-refractivity contribution in [1.82, 2.24) is 59.1 Å². The number of hydrogen-bond acceptors (Lipinski definition) is 28. The van der Waals surface area contributed by atoms with E-state index in [1.807, 2.05) is 13.0 Å². The van der Waals surface area contributed by atoms with Gasteiger partial charge in [-0.15, -0.1) is 0 Å². The number of likely N-dealkylation sites (tertiary alicyclic amines) is 4. The number of benzene rings is 4. The number of carbonyl (C=O) groups excluding carboxylic acids is 12. The van der Waals surface area contributed by atoms with Crippen molar-refractivity contribution < 1.29 is 76.5 Å². The number of likely N-dealkylation sites (N-methyl/N-ethyl adjacent to an activating group) is 4. The predicted octanol–water partition coefficient (Wildman–Crippen LogP) is 12.9. The Balaban J connectivity index is 0.675. The van der Waals surface area contributed by atoms with Crippen molar-refractivity contribution in [1.29, 1.82) is 0 Å². The first kappa shape index (κ1) is 94.7. The maximum Gasteiger partial charge on any atom is 0.257 e. The van der Waals surface area contributed by atoms with Gasteiger partial charge >= 0.3 is 0 Å². The summed E-state index contributed by atoms with van der Waals surface area (Å²) in [4.78, 5) is 198. The molecule has 8 atom stereocenters. The lowest BCUT2D eigenvalue weighted by Crippen LogP contribution is -2.40. The molecule has 0 spiro atoms. The first-order valence-corrected chi connectivity index (χ1v) is 48.3. The van der Waals surface area contributed by atoms with Crippen LogP contribution in [0.25, 0.3) is 0 Å². The van der Waals surface area contributed by atoms with Crippen LogP contribution in [0.15, 0.2) is 160 Å². The smallest absolute Gasteiger partial charge is 0.257 e. The summed E-state index contributed by atoms with van der Waals surface area (Å²) in [5.74, 6) is -3.88. The molecular weight excluding hydrogens is 1820 g/mol. The van der Waals surface area contributed by atoms with Crippen LogP contribution in [-0.4, -0.2) is 263 Å².